The minimum absolute atomic E-state index is 0.0625. The van der Waals surface area contributed by atoms with Gasteiger partial charge in [0.25, 0.3) is 5.56 Å². The Balaban J connectivity index is 1.73. The van der Waals surface area contributed by atoms with E-state index < -0.39 is 6.04 Å². The Bertz CT molecular complexity index is 1070. The van der Waals surface area contributed by atoms with Gasteiger partial charge in [0.15, 0.2) is 0 Å². The van der Waals surface area contributed by atoms with Gasteiger partial charge >= 0.3 is 0 Å². The van der Waals surface area contributed by atoms with E-state index in [9.17, 15) is 14.4 Å². The average Bonchev–Trinajstić information content (AvgIpc) is 2.73. The monoisotopic (exact) mass is 406 g/mol. The molecule has 8 nitrogen and oxygen atoms in total. The Morgan fingerprint density at radius 1 is 1.10 bits per heavy atom. The Kier molecular flexibility index (Phi) is 6.59. The number of aromatic amines is 1. The number of rotatable bonds is 7. The maximum Gasteiger partial charge on any atom is 0.264 e. The van der Waals surface area contributed by atoms with Crippen molar-refractivity contribution in [3.05, 3.63) is 76.6 Å². The highest BCUT2D eigenvalue weighted by Crippen LogP contribution is 2.23. The number of nitrogens with one attached hydrogen (secondary N) is 3. The summed E-state index contributed by atoms with van der Waals surface area (Å²) in [6, 6.07) is 16.8. The summed E-state index contributed by atoms with van der Waals surface area (Å²) in [6.45, 7) is 1.41. The summed E-state index contributed by atoms with van der Waals surface area (Å²) in [6.07, 6.45) is 0.0625. The Morgan fingerprint density at radius 2 is 1.87 bits per heavy atom. The first kappa shape index (κ1) is 20.8. The summed E-state index contributed by atoms with van der Waals surface area (Å²) in [4.78, 5) is 35.4. The maximum absolute atomic E-state index is 12.6. The maximum atomic E-state index is 12.6. The van der Waals surface area contributed by atoms with Crippen molar-refractivity contribution in [1.29, 1.82) is 0 Å². The summed E-state index contributed by atoms with van der Waals surface area (Å²) in [7, 11) is 1.57. The van der Waals surface area contributed by atoms with Crippen LogP contribution in [0.15, 0.2) is 65.5 Å². The fourth-order valence-electron chi connectivity index (χ4n) is 2.99. The molecule has 2 amide bonds. The second-order valence-electron chi connectivity index (χ2n) is 6.67. The molecular formula is C22H22N4O4. The van der Waals surface area contributed by atoms with Crippen molar-refractivity contribution in [2.24, 2.45) is 0 Å². The topological polar surface area (TPSA) is 113 Å². The molecule has 0 aliphatic carbocycles. The predicted molar refractivity (Wildman–Crippen MR) is 113 cm³/mol. The van der Waals surface area contributed by atoms with Crippen LogP contribution in [-0.2, 0) is 9.59 Å². The van der Waals surface area contributed by atoms with Gasteiger partial charge in [0.2, 0.25) is 11.8 Å². The van der Waals surface area contributed by atoms with E-state index in [0.717, 1.165) is 11.1 Å². The zero-order valence-electron chi connectivity index (χ0n) is 16.6. The number of carbonyl (C=O) groups is 2. The summed E-state index contributed by atoms with van der Waals surface area (Å²) >= 11 is 0. The van der Waals surface area contributed by atoms with Gasteiger partial charge in [0, 0.05) is 24.2 Å². The van der Waals surface area contributed by atoms with Crippen molar-refractivity contribution in [2.45, 2.75) is 19.4 Å². The minimum atomic E-state index is -0.475. The van der Waals surface area contributed by atoms with Gasteiger partial charge < -0.3 is 15.4 Å². The second kappa shape index (κ2) is 9.51. The van der Waals surface area contributed by atoms with Crippen molar-refractivity contribution in [3.8, 4) is 17.0 Å². The summed E-state index contributed by atoms with van der Waals surface area (Å²) < 4.78 is 5.15. The number of nitrogens with zero attached hydrogens (tertiary/aromatic N) is 1. The molecule has 0 aliphatic rings. The number of hydrogen-bond donors (Lipinski definition) is 3. The molecule has 0 saturated heterocycles. The van der Waals surface area contributed by atoms with E-state index in [1.165, 1.54) is 13.0 Å². The number of anilines is 1. The number of ether oxygens (including phenoxy) is 1. The first-order valence-corrected chi connectivity index (χ1v) is 9.31. The van der Waals surface area contributed by atoms with Crippen molar-refractivity contribution >= 4 is 17.5 Å². The number of H-pyrrole nitrogens is 1. The quantitative estimate of drug-likeness (QED) is 0.558. The van der Waals surface area contributed by atoms with Crippen LogP contribution in [0.4, 0.5) is 5.69 Å². The van der Waals surface area contributed by atoms with E-state index in [1.807, 2.05) is 18.2 Å². The van der Waals surface area contributed by atoms with Crippen LogP contribution >= 0.6 is 0 Å². The van der Waals surface area contributed by atoms with E-state index in [1.54, 1.807) is 43.5 Å². The molecule has 8 heteroatoms. The molecule has 30 heavy (non-hydrogen) atoms. The SMILES string of the molecule is COc1ccc(C(CC(=O)Nc2cccc(-c3ccc(=O)[nH]n3)c2)NC(C)=O)cc1. The fourth-order valence-corrected chi connectivity index (χ4v) is 2.99. The van der Waals surface area contributed by atoms with Gasteiger partial charge in [-0.1, -0.05) is 24.3 Å². The van der Waals surface area contributed by atoms with Crippen LogP contribution in [0.3, 0.4) is 0 Å². The van der Waals surface area contributed by atoms with Crippen molar-refractivity contribution in [2.75, 3.05) is 12.4 Å². The van der Waals surface area contributed by atoms with E-state index in [0.29, 0.717) is 17.1 Å². The van der Waals surface area contributed by atoms with E-state index >= 15 is 0 Å². The molecule has 0 radical (unpaired) electrons. The highest BCUT2D eigenvalue weighted by Gasteiger charge is 2.17. The Labute approximate surface area is 173 Å². The molecule has 0 bridgehead atoms. The Morgan fingerprint density at radius 3 is 2.50 bits per heavy atom. The lowest BCUT2D eigenvalue weighted by Crippen LogP contribution is -2.29. The van der Waals surface area contributed by atoms with Crippen LogP contribution in [0.2, 0.25) is 0 Å². The fraction of sp³-hybridized carbons (Fsp3) is 0.182. The number of carbonyl (C=O) groups excluding carboxylic acids is 2. The van der Waals surface area contributed by atoms with Crippen LogP contribution in [0.1, 0.15) is 24.9 Å². The molecule has 0 spiro atoms. The first-order valence-electron chi connectivity index (χ1n) is 9.31. The largest absolute Gasteiger partial charge is 0.497 e. The van der Waals surface area contributed by atoms with Gasteiger partial charge in [-0.05, 0) is 35.9 Å². The predicted octanol–water partition coefficient (Wildman–Crippen LogP) is 2.65. The number of hydrogen-bond acceptors (Lipinski definition) is 5. The molecule has 3 aromatic rings. The van der Waals surface area contributed by atoms with Crippen molar-refractivity contribution in [1.82, 2.24) is 15.5 Å². The van der Waals surface area contributed by atoms with Crippen LogP contribution in [0.5, 0.6) is 5.75 Å². The standard InChI is InChI=1S/C22H22N4O4/c1-14(27)23-20(15-6-8-18(30-2)9-7-15)13-22(29)24-17-5-3-4-16(12-17)19-10-11-21(28)26-25-19/h3-12,20H,13H2,1-2H3,(H,23,27)(H,24,29)(H,26,28). The van der Waals surface area contributed by atoms with Gasteiger partial charge in [-0.3, -0.25) is 14.4 Å². The smallest absolute Gasteiger partial charge is 0.264 e. The zero-order valence-corrected chi connectivity index (χ0v) is 16.6. The molecule has 0 aliphatic heterocycles. The van der Waals surface area contributed by atoms with Gasteiger partial charge in [-0.15, -0.1) is 0 Å². The summed E-state index contributed by atoms with van der Waals surface area (Å²) in [5.41, 5.74) is 2.43. The third-order valence-electron chi connectivity index (χ3n) is 4.41. The number of amides is 2. The van der Waals surface area contributed by atoms with Gasteiger partial charge in [-0.2, -0.15) is 5.10 Å². The van der Waals surface area contributed by atoms with Crippen LogP contribution in [-0.4, -0.2) is 29.1 Å². The molecular weight excluding hydrogens is 384 g/mol. The molecule has 1 aromatic heterocycles. The lowest BCUT2D eigenvalue weighted by atomic mass is 10.0. The molecule has 2 aromatic carbocycles. The van der Waals surface area contributed by atoms with E-state index in [4.69, 9.17) is 4.74 Å². The van der Waals surface area contributed by atoms with Gasteiger partial charge in [0.05, 0.1) is 25.3 Å². The zero-order chi connectivity index (χ0) is 21.5. The normalized spacial score (nSPS) is 11.4. The molecule has 1 heterocycles. The summed E-state index contributed by atoms with van der Waals surface area (Å²) in [5.74, 6) is 0.211. The Hall–Kier alpha value is -3.94. The van der Waals surface area contributed by atoms with Crippen LogP contribution in [0, 0.1) is 0 Å². The third kappa shape index (κ3) is 5.54. The number of benzene rings is 2. The number of aromatic nitrogens is 2. The van der Waals surface area contributed by atoms with Crippen LogP contribution < -0.4 is 20.9 Å². The highest BCUT2D eigenvalue weighted by atomic mass is 16.5. The molecule has 3 rings (SSSR count). The van der Waals surface area contributed by atoms with Crippen LogP contribution in [0.25, 0.3) is 11.3 Å². The first-order chi connectivity index (χ1) is 14.4. The minimum Gasteiger partial charge on any atom is -0.497 e. The molecule has 0 saturated carbocycles. The summed E-state index contributed by atoms with van der Waals surface area (Å²) in [5, 5.41) is 12.0. The van der Waals surface area contributed by atoms with Crippen molar-refractivity contribution in [3.63, 3.8) is 0 Å². The third-order valence-corrected chi connectivity index (χ3v) is 4.41. The average molecular weight is 406 g/mol. The van der Waals surface area contributed by atoms with Gasteiger partial charge in [0.1, 0.15) is 5.75 Å². The van der Waals surface area contributed by atoms with E-state index in [-0.39, 0.29) is 23.8 Å². The van der Waals surface area contributed by atoms with Gasteiger partial charge in [-0.25, -0.2) is 5.10 Å². The molecule has 3 N–H and O–H groups in total. The lowest BCUT2D eigenvalue weighted by Gasteiger charge is -2.18. The number of methoxy groups -OCH3 is 1. The van der Waals surface area contributed by atoms with Crippen molar-refractivity contribution < 1.29 is 14.3 Å². The highest BCUT2D eigenvalue weighted by molar-refractivity contribution is 5.92. The molecule has 1 unspecified atom stereocenters. The molecule has 0 fully saturated rings. The molecule has 1 atom stereocenters. The lowest BCUT2D eigenvalue weighted by molar-refractivity contribution is -0.120. The second-order valence-corrected chi connectivity index (χ2v) is 6.67. The molecule has 154 valence electrons. The van der Waals surface area contributed by atoms with E-state index in [2.05, 4.69) is 20.8 Å².